The summed E-state index contributed by atoms with van der Waals surface area (Å²) in [4.78, 5) is 0.301. The van der Waals surface area contributed by atoms with Crippen LogP contribution in [0.25, 0.3) is 0 Å². The molecule has 80 valence electrons. The van der Waals surface area contributed by atoms with Crippen LogP contribution in [-0.2, 0) is 10.8 Å². The average Bonchev–Trinajstić information content (AvgIpc) is 2.23. The first-order chi connectivity index (χ1) is 7.10. The molecule has 1 rings (SSSR count). The molecule has 0 aliphatic heterocycles. The molecular weight excluding hydrogens is 215 g/mol. The van der Waals surface area contributed by atoms with Gasteiger partial charge in [-0.05, 0) is 24.6 Å². The molecule has 5 heteroatoms. The Bertz CT molecular complexity index is 428. The van der Waals surface area contributed by atoms with Crippen LogP contribution in [0.4, 0.5) is 10.1 Å². The molecule has 0 bridgehead atoms. The van der Waals surface area contributed by atoms with Crippen LogP contribution in [0.2, 0.25) is 0 Å². The number of nitrogens with zero attached hydrogens (tertiary/aromatic N) is 1. The van der Waals surface area contributed by atoms with E-state index in [4.69, 9.17) is 11.0 Å². The first-order valence-corrected chi connectivity index (χ1v) is 5.66. The van der Waals surface area contributed by atoms with Crippen molar-refractivity contribution in [3.63, 3.8) is 0 Å². The number of hydrogen-bond donors (Lipinski definition) is 1. The predicted molar refractivity (Wildman–Crippen MR) is 56.9 cm³/mol. The van der Waals surface area contributed by atoms with Crippen LogP contribution in [0, 0.1) is 17.1 Å². The molecule has 0 saturated heterocycles. The molecule has 0 radical (unpaired) electrons. The van der Waals surface area contributed by atoms with Crippen molar-refractivity contribution in [2.45, 2.75) is 23.5 Å². The van der Waals surface area contributed by atoms with Crippen molar-refractivity contribution in [1.29, 1.82) is 5.26 Å². The van der Waals surface area contributed by atoms with E-state index >= 15 is 0 Å². The standard InChI is InChI=1S/C10H11FN2OS/c1-2-7(6-12)15(14)8-3-4-10(13)9(11)5-8/h3-5,7H,2,13H2,1H3. The third kappa shape index (κ3) is 2.54. The van der Waals surface area contributed by atoms with Gasteiger partial charge in [-0.15, -0.1) is 0 Å². The highest BCUT2D eigenvalue weighted by Gasteiger charge is 2.16. The highest BCUT2D eigenvalue weighted by atomic mass is 32.2. The van der Waals surface area contributed by atoms with E-state index in [9.17, 15) is 8.60 Å². The zero-order valence-corrected chi connectivity index (χ0v) is 9.05. The van der Waals surface area contributed by atoms with Crippen molar-refractivity contribution in [3.8, 4) is 6.07 Å². The van der Waals surface area contributed by atoms with E-state index in [-0.39, 0.29) is 5.69 Å². The molecule has 0 amide bonds. The van der Waals surface area contributed by atoms with Crippen LogP contribution in [0.15, 0.2) is 23.1 Å². The van der Waals surface area contributed by atoms with E-state index in [1.54, 1.807) is 6.92 Å². The number of anilines is 1. The molecule has 0 aliphatic carbocycles. The zero-order valence-electron chi connectivity index (χ0n) is 8.24. The van der Waals surface area contributed by atoms with Crippen LogP contribution < -0.4 is 5.73 Å². The Hall–Kier alpha value is -1.41. The van der Waals surface area contributed by atoms with Gasteiger partial charge >= 0.3 is 0 Å². The molecule has 0 saturated carbocycles. The largest absolute Gasteiger partial charge is 0.396 e. The molecule has 0 spiro atoms. The third-order valence-electron chi connectivity index (χ3n) is 1.98. The maximum Gasteiger partial charge on any atom is 0.147 e. The Morgan fingerprint density at radius 2 is 2.33 bits per heavy atom. The second kappa shape index (κ2) is 4.89. The zero-order chi connectivity index (χ0) is 11.4. The summed E-state index contributed by atoms with van der Waals surface area (Å²) in [6.45, 7) is 1.76. The van der Waals surface area contributed by atoms with Gasteiger partial charge in [-0.2, -0.15) is 5.26 Å². The lowest BCUT2D eigenvalue weighted by atomic mass is 10.3. The molecule has 3 nitrogen and oxygen atoms in total. The summed E-state index contributed by atoms with van der Waals surface area (Å²) in [7, 11) is -1.50. The Balaban J connectivity index is 3.02. The van der Waals surface area contributed by atoms with Crippen LogP contribution >= 0.6 is 0 Å². The first-order valence-electron chi connectivity index (χ1n) is 4.45. The summed E-state index contributed by atoms with van der Waals surface area (Å²) >= 11 is 0. The van der Waals surface area contributed by atoms with Gasteiger partial charge in [-0.25, -0.2) is 4.39 Å². The topological polar surface area (TPSA) is 66.9 Å². The van der Waals surface area contributed by atoms with Crippen molar-refractivity contribution in [2.24, 2.45) is 0 Å². The molecule has 0 fully saturated rings. The number of halogens is 1. The molecule has 1 aromatic rings. The Kier molecular flexibility index (Phi) is 3.81. The second-order valence-electron chi connectivity index (χ2n) is 3.01. The number of benzene rings is 1. The normalized spacial score (nSPS) is 14.2. The average molecular weight is 226 g/mol. The molecule has 0 heterocycles. The first kappa shape index (κ1) is 11.7. The summed E-state index contributed by atoms with van der Waals surface area (Å²) in [5.41, 5.74) is 5.31. The summed E-state index contributed by atoms with van der Waals surface area (Å²) in [5, 5.41) is 8.12. The lowest BCUT2D eigenvalue weighted by Crippen LogP contribution is -2.11. The van der Waals surface area contributed by atoms with Crippen LogP contribution in [0.3, 0.4) is 0 Å². The quantitative estimate of drug-likeness (QED) is 0.799. The maximum absolute atomic E-state index is 13.1. The minimum absolute atomic E-state index is 0.0146. The molecule has 1 aromatic carbocycles. The minimum atomic E-state index is -1.50. The number of nitrogens with two attached hydrogens (primary N) is 1. The fraction of sp³-hybridized carbons (Fsp3) is 0.300. The van der Waals surface area contributed by atoms with E-state index in [0.29, 0.717) is 11.3 Å². The van der Waals surface area contributed by atoms with Crippen molar-refractivity contribution in [3.05, 3.63) is 24.0 Å². The van der Waals surface area contributed by atoms with E-state index < -0.39 is 21.9 Å². The molecule has 0 aromatic heterocycles. The Morgan fingerprint density at radius 1 is 1.67 bits per heavy atom. The molecular formula is C10H11FN2OS. The molecule has 2 unspecified atom stereocenters. The van der Waals surface area contributed by atoms with Crippen molar-refractivity contribution in [1.82, 2.24) is 0 Å². The monoisotopic (exact) mass is 226 g/mol. The van der Waals surface area contributed by atoms with Crippen LogP contribution in [-0.4, -0.2) is 9.46 Å². The minimum Gasteiger partial charge on any atom is -0.396 e. The van der Waals surface area contributed by atoms with Gasteiger partial charge in [0, 0.05) is 4.90 Å². The van der Waals surface area contributed by atoms with Crippen molar-refractivity contribution >= 4 is 16.5 Å². The lowest BCUT2D eigenvalue weighted by molar-refractivity contribution is 0.627. The number of nitrogen functional groups attached to an aromatic ring is 1. The van der Waals surface area contributed by atoms with Gasteiger partial charge in [0.2, 0.25) is 0 Å². The van der Waals surface area contributed by atoms with Gasteiger partial charge in [-0.3, -0.25) is 4.21 Å². The van der Waals surface area contributed by atoms with Gasteiger partial charge in [0.25, 0.3) is 0 Å². The van der Waals surface area contributed by atoms with E-state index in [1.165, 1.54) is 12.1 Å². The summed E-state index contributed by atoms with van der Waals surface area (Å²) in [6.07, 6.45) is 0.467. The van der Waals surface area contributed by atoms with Gasteiger partial charge in [0.15, 0.2) is 0 Å². The molecule has 0 aliphatic rings. The SMILES string of the molecule is CCC(C#N)S(=O)c1ccc(N)c(F)c1. The smallest absolute Gasteiger partial charge is 0.147 e. The Labute approximate surface area is 90.2 Å². The van der Waals surface area contributed by atoms with Gasteiger partial charge in [0.1, 0.15) is 11.1 Å². The molecule has 2 atom stereocenters. The van der Waals surface area contributed by atoms with Gasteiger partial charge in [0.05, 0.1) is 22.6 Å². The number of nitriles is 1. The fourth-order valence-corrected chi connectivity index (χ4v) is 2.24. The van der Waals surface area contributed by atoms with Crippen LogP contribution in [0.1, 0.15) is 13.3 Å². The lowest BCUT2D eigenvalue weighted by Gasteiger charge is -2.06. The second-order valence-corrected chi connectivity index (χ2v) is 4.64. The summed E-state index contributed by atoms with van der Waals surface area (Å²) < 4.78 is 24.8. The van der Waals surface area contributed by atoms with E-state index in [1.807, 2.05) is 6.07 Å². The van der Waals surface area contributed by atoms with E-state index in [0.717, 1.165) is 6.07 Å². The van der Waals surface area contributed by atoms with Gasteiger partial charge < -0.3 is 5.73 Å². The third-order valence-corrected chi connectivity index (χ3v) is 3.65. The van der Waals surface area contributed by atoms with Crippen molar-refractivity contribution < 1.29 is 8.60 Å². The highest BCUT2D eigenvalue weighted by Crippen LogP contribution is 2.18. The molecule has 2 N–H and O–H groups in total. The summed E-state index contributed by atoms with van der Waals surface area (Å²) in [5.74, 6) is -0.603. The summed E-state index contributed by atoms with van der Waals surface area (Å²) in [6, 6.07) is 5.88. The van der Waals surface area contributed by atoms with E-state index in [2.05, 4.69) is 0 Å². The van der Waals surface area contributed by atoms with Gasteiger partial charge in [-0.1, -0.05) is 6.92 Å². The van der Waals surface area contributed by atoms with Crippen LogP contribution in [0.5, 0.6) is 0 Å². The number of hydrogen-bond acceptors (Lipinski definition) is 3. The fourth-order valence-electron chi connectivity index (χ4n) is 1.09. The maximum atomic E-state index is 13.1. The van der Waals surface area contributed by atoms with Crippen molar-refractivity contribution in [2.75, 3.05) is 5.73 Å². The number of rotatable bonds is 3. The Morgan fingerprint density at radius 3 is 2.80 bits per heavy atom. The highest BCUT2D eigenvalue weighted by molar-refractivity contribution is 7.86. The predicted octanol–water partition coefficient (Wildman–Crippen LogP) is 1.82. The molecule has 15 heavy (non-hydrogen) atoms.